The molecule has 0 radical (unpaired) electrons. The fourth-order valence-corrected chi connectivity index (χ4v) is 3.36. The van der Waals surface area contributed by atoms with Gasteiger partial charge in [0.15, 0.2) is 5.54 Å². The van der Waals surface area contributed by atoms with Gasteiger partial charge < -0.3 is 14.6 Å². The minimum Gasteiger partial charge on any atom is -0.494 e. The first-order valence-electron chi connectivity index (χ1n) is 10.4. The average molecular weight is 424 g/mol. The molecule has 0 bridgehead atoms. The van der Waals surface area contributed by atoms with E-state index in [9.17, 15) is 4.79 Å². The van der Waals surface area contributed by atoms with Gasteiger partial charge in [-0.25, -0.2) is 10.4 Å². The van der Waals surface area contributed by atoms with Crippen molar-refractivity contribution in [2.75, 3.05) is 19.8 Å². The smallest absolute Gasteiger partial charge is 0.266 e. The lowest BCUT2D eigenvalue weighted by Gasteiger charge is -2.28. The summed E-state index contributed by atoms with van der Waals surface area (Å²) >= 11 is 0. The molecule has 2 aromatic rings. The molecule has 0 saturated carbocycles. The number of benzene rings is 2. The van der Waals surface area contributed by atoms with Crippen molar-refractivity contribution in [3.8, 4) is 5.75 Å². The maximum atomic E-state index is 13.2. The minimum absolute atomic E-state index is 0.0911. The largest absolute Gasteiger partial charge is 0.494 e. The Kier molecular flexibility index (Phi) is 7.81. The molecule has 7 heteroatoms. The van der Waals surface area contributed by atoms with Crippen LogP contribution in [0.25, 0.3) is 0 Å². The number of amides is 1. The number of aliphatic imine (C=N–C) groups is 1. The van der Waals surface area contributed by atoms with Gasteiger partial charge in [0.1, 0.15) is 11.9 Å². The number of ether oxygens (including phenoxy) is 2. The van der Waals surface area contributed by atoms with E-state index < -0.39 is 11.6 Å². The van der Waals surface area contributed by atoms with E-state index in [1.165, 1.54) is 0 Å². The highest BCUT2D eigenvalue weighted by Gasteiger charge is 2.50. The van der Waals surface area contributed by atoms with E-state index >= 15 is 0 Å². The summed E-state index contributed by atoms with van der Waals surface area (Å²) in [6.45, 7) is 6.49. The van der Waals surface area contributed by atoms with Crippen molar-refractivity contribution in [2.45, 2.75) is 31.4 Å². The molecule has 1 amide bonds. The molecule has 3 N–H and O–H groups in total. The lowest BCUT2D eigenvalue weighted by Crippen LogP contribution is -2.56. The SMILES string of the molecule is C=CCNNC(=O)[C@@]1(Cc2ccccc2)N=C(c2ccc(OCCCO)cc2)O[C@H]1C. The third-order valence-electron chi connectivity index (χ3n) is 5.09. The van der Waals surface area contributed by atoms with E-state index in [2.05, 4.69) is 17.4 Å². The minimum atomic E-state index is -1.11. The zero-order chi connectivity index (χ0) is 22.1. The van der Waals surface area contributed by atoms with E-state index in [-0.39, 0.29) is 12.5 Å². The molecule has 0 spiro atoms. The number of aliphatic hydroxyl groups excluding tert-OH is 1. The van der Waals surface area contributed by atoms with E-state index in [1.54, 1.807) is 6.08 Å². The van der Waals surface area contributed by atoms with Crippen LogP contribution >= 0.6 is 0 Å². The number of hydrogen-bond acceptors (Lipinski definition) is 6. The van der Waals surface area contributed by atoms with Gasteiger partial charge in [-0.05, 0) is 36.8 Å². The van der Waals surface area contributed by atoms with Crippen LogP contribution in [-0.4, -0.2) is 48.3 Å². The Bertz CT molecular complexity index is 899. The molecule has 1 aliphatic rings. The Morgan fingerprint density at radius 1 is 1.26 bits per heavy atom. The van der Waals surface area contributed by atoms with E-state index in [1.807, 2.05) is 61.5 Å². The molecule has 0 aromatic heterocycles. The number of hydrogen-bond donors (Lipinski definition) is 3. The predicted molar refractivity (Wildman–Crippen MR) is 120 cm³/mol. The molecule has 0 saturated heterocycles. The molecule has 1 heterocycles. The molecule has 3 rings (SSSR count). The zero-order valence-electron chi connectivity index (χ0n) is 17.7. The molecule has 164 valence electrons. The van der Waals surface area contributed by atoms with Gasteiger partial charge in [0, 0.05) is 31.6 Å². The lowest BCUT2D eigenvalue weighted by molar-refractivity contribution is -0.129. The summed E-state index contributed by atoms with van der Waals surface area (Å²) in [6.07, 6.45) is 2.18. The molecule has 2 atom stereocenters. The van der Waals surface area contributed by atoms with Crippen LogP contribution in [0.2, 0.25) is 0 Å². The highest BCUT2D eigenvalue weighted by molar-refractivity contribution is 6.00. The van der Waals surface area contributed by atoms with E-state index in [0.29, 0.717) is 37.6 Å². The summed E-state index contributed by atoms with van der Waals surface area (Å²) in [4.78, 5) is 18.0. The van der Waals surface area contributed by atoms with Crippen LogP contribution in [0.5, 0.6) is 5.75 Å². The molecule has 7 nitrogen and oxygen atoms in total. The Labute approximate surface area is 182 Å². The number of aliphatic hydroxyl groups is 1. The van der Waals surface area contributed by atoms with Gasteiger partial charge in [-0.15, -0.1) is 6.58 Å². The molecular formula is C24H29N3O4. The molecule has 0 aliphatic carbocycles. The van der Waals surface area contributed by atoms with Crippen LogP contribution < -0.4 is 15.6 Å². The van der Waals surface area contributed by atoms with Crippen LogP contribution in [-0.2, 0) is 16.0 Å². The van der Waals surface area contributed by atoms with Crippen molar-refractivity contribution in [1.82, 2.24) is 10.9 Å². The molecule has 0 fully saturated rings. The first kappa shape index (κ1) is 22.5. The van der Waals surface area contributed by atoms with Crippen molar-refractivity contribution < 1.29 is 19.4 Å². The van der Waals surface area contributed by atoms with Gasteiger partial charge in [-0.3, -0.25) is 10.2 Å². The summed E-state index contributed by atoms with van der Waals surface area (Å²) < 4.78 is 11.6. The van der Waals surface area contributed by atoms with Gasteiger partial charge >= 0.3 is 0 Å². The predicted octanol–water partition coefficient (Wildman–Crippen LogP) is 2.40. The lowest BCUT2D eigenvalue weighted by atomic mass is 9.86. The van der Waals surface area contributed by atoms with Crippen LogP contribution in [0.15, 0.2) is 72.2 Å². The maximum absolute atomic E-state index is 13.2. The molecule has 0 unspecified atom stereocenters. The average Bonchev–Trinajstić information content (AvgIpc) is 3.12. The van der Waals surface area contributed by atoms with Crippen molar-refractivity contribution >= 4 is 11.8 Å². The fraction of sp³-hybridized carbons (Fsp3) is 0.333. The zero-order valence-corrected chi connectivity index (χ0v) is 17.7. The second-order valence-electron chi connectivity index (χ2n) is 7.34. The Balaban J connectivity index is 1.85. The van der Waals surface area contributed by atoms with Crippen molar-refractivity contribution in [3.63, 3.8) is 0 Å². The fourth-order valence-electron chi connectivity index (χ4n) is 3.36. The second-order valence-corrected chi connectivity index (χ2v) is 7.34. The highest BCUT2D eigenvalue weighted by Crippen LogP contribution is 2.32. The number of rotatable bonds is 11. The Morgan fingerprint density at radius 3 is 2.68 bits per heavy atom. The number of carbonyl (C=O) groups excluding carboxylic acids is 1. The summed E-state index contributed by atoms with van der Waals surface area (Å²) in [6, 6.07) is 17.1. The van der Waals surface area contributed by atoms with Crippen LogP contribution in [0, 0.1) is 0 Å². The monoisotopic (exact) mass is 423 g/mol. The van der Waals surface area contributed by atoms with Crippen molar-refractivity contribution in [1.29, 1.82) is 0 Å². The number of nitrogens with one attached hydrogen (secondary N) is 2. The number of hydrazine groups is 1. The Morgan fingerprint density at radius 2 is 2.00 bits per heavy atom. The quantitative estimate of drug-likeness (QED) is 0.293. The number of carbonyl (C=O) groups is 1. The van der Waals surface area contributed by atoms with Gasteiger partial charge in [0.05, 0.1) is 6.61 Å². The van der Waals surface area contributed by atoms with Gasteiger partial charge in [0.25, 0.3) is 5.91 Å². The second kappa shape index (κ2) is 10.7. The van der Waals surface area contributed by atoms with Crippen LogP contribution in [0.3, 0.4) is 0 Å². The molecule has 31 heavy (non-hydrogen) atoms. The van der Waals surface area contributed by atoms with Crippen molar-refractivity contribution in [2.24, 2.45) is 4.99 Å². The topological polar surface area (TPSA) is 92.2 Å². The molecule has 1 aliphatic heterocycles. The van der Waals surface area contributed by atoms with Crippen molar-refractivity contribution in [3.05, 3.63) is 78.4 Å². The standard InChI is InChI=1S/C24H29N3O4/c1-3-14-25-27-23(29)24(17-19-8-5-4-6-9-19)18(2)31-22(26-24)20-10-12-21(13-11-20)30-16-7-15-28/h3-6,8-13,18,25,28H,1,7,14-17H2,2H3,(H,27,29)/t18-,24-/m0/s1. The maximum Gasteiger partial charge on any atom is 0.266 e. The van der Waals surface area contributed by atoms with E-state index in [4.69, 9.17) is 19.6 Å². The summed E-state index contributed by atoms with van der Waals surface area (Å²) in [5, 5.41) is 8.87. The molecular weight excluding hydrogens is 394 g/mol. The third kappa shape index (κ3) is 5.51. The van der Waals surface area contributed by atoms with Gasteiger partial charge in [0.2, 0.25) is 5.90 Å². The van der Waals surface area contributed by atoms with Gasteiger partial charge in [-0.1, -0.05) is 36.4 Å². The molecule has 2 aromatic carbocycles. The first-order valence-corrected chi connectivity index (χ1v) is 10.4. The number of nitrogens with zero attached hydrogens (tertiary/aromatic N) is 1. The van der Waals surface area contributed by atoms with Crippen LogP contribution in [0.4, 0.5) is 0 Å². The van der Waals surface area contributed by atoms with E-state index in [0.717, 1.165) is 11.1 Å². The summed E-state index contributed by atoms with van der Waals surface area (Å²) in [5.74, 6) is 0.861. The van der Waals surface area contributed by atoms with Gasteiger partial charge in [-0.2, -0.15) is 0 Å². The highest BCUT2D eigenvalue weighted by atomic mass is 16.5. The first-order chi connectivity index (χ1) is 15.1. The third-order valence-corrected chi connectivity index (χ3v) is 5.09. The Hall–Kier alpha value is -3.16. The normalized spacial score (nSPS) is 19.9. The summed E-state index contributed by atoms with van der Waals surface area (Å²) in [5.41, 5.74) is 6.24. The summed E-state index contributed by atoms with van der Waals surface area (Å²) in [7, 11) is 0. The van der Waals surface area contributed by atoms with Crippen LogP contribution in [0.1, 0.15) is 24.5 Å².